The van der Waals surface area contributed by atoms with E-state index in [9.17, 15) is 0 Å². The van der Waals surface area contributed by atoms with Gasteiger partial charge in [-0.3, -0.25) is 4.57 Å². The number of ether oxygens (including phenoxy) is 2. The molecular weight excluding hydrogens is 238 g/mol. The van der Waals surface area contributed by atoms with Crippen molar-refractivity contribution in [1.29, 1.82) is 0 Å². The molecule has 0 aromatic carbocycles. The molecule has 0 saturated carbocycles. The van der Waals surface area contributed by atoms with E-state index in [4.69, 9.17) is 21.7 Å². The van der Waals surface area contributed by atoms with Gasteiger partial charge in [0.05, 0.1) is 13.2 Å². The molecule has 0 N–H and O–H groups in total. The van der Waals surface area contributed by atoms with Gasteiger partial charge in [0.25, 0.3) is 0 Å². The quantitative estimate of drug-likeness (QED) is 0.641. The number of piperidine rings is 1. The predicted molar refractivity (Wildman–Crippen MR) is 65.7 cm³/mol. The van der Waals surface area contributed by atoms with E-state index in [0.29, 0.717) is 13.2 Å². The van der Waals surface area contributed by atoms with E-state index in [2.05, 4.69) is 9.88 Å². The third-order valence-corrected chi connectivity index (χ3v) is 3.80. The van der Waals surface area contributed by atoms with Gasteiger partial charge in [-0.05, 0) is 12.2 Å². The Morgan fingerprint density at radius 3 is 2.53 bits per heavy atom. The maximum absolute atomic E-state index is 5.69. The fourth-order valence-corrected chi connectivity index (χ4v) is 2.65. The lowest BCUT2D eigenvalue weighted by molar-refractivity contribution is -0.180. The number of aromatic nitrogens is 2. The first-order valence-corrected chi connectivity index (χ1v) is 6.25. The van der Waals surface area contributed by atoms with Gasteiger partial charge in [0.15, 0.2) is 10.9 Å². The highest BCUT2D eigenvalue weighted by Crippen LogP contribution is 2.31. The average molecular weight is 253 g/mol. The van der Waals surface area contributed by atoms with Crippen molar-refractivity contribution >= 4 is 17.3 Å². The van der Waals surface area contributed by atoms with Crippen LogP contribution in [0.15, 0.2) is 18.7 Å². The summed E-state index contributed by atoms with van der Waals surface area (Å²) in [5, 5.41) is 0.801. The molecule has 1 aromatic rings. The van der Waals surface area contributed by atoms with E-state index in [1.165, 1.54) is 0 Å². The summed E-state index contributed by atoms with van der Waals surface area (Å²) < 4.78 is 13.2. The van der Waals surface area contributed by atoms with Crippen LogP contribution in [0.5, 0.6) is 0 Å². The van der Waals surface area contributed by atoms with E-state index in [1.807, 2.05) is 10.8 Å². The Morgan fingerprint density at radius 1 is 1.24 bits per heavy atom. The number of likely N-dealkylation sites (tertiary alicyclic amines) is 1. The molecular formula is C11H15N3O2S. The minimum absolute atomic E-state index is 0.332. The van der Waals surface area contributed by atoms with Crippen molar-refractivity contribution in [3.8, 4) is 0 Å². The topological polar surface area (TPSA) is 39.5 Å². The van der Waals surface area contributed by atoms with Crippen LogP contribution in [0.25, 0.3) is 0 Å². The maximum atomic E-state index is 5.69. The van der Waals surface area contributed by atoms with Gasteiger partial charge in [-0.25, -0.2) is 4.98 Å². The summed E-state index contributed by atoms with van der Waals surface area (Å²) in [4.78, 5) is 6.18. The van der Waals surface area contributed by atoms with Gasteiger partial charge in [0.1, 0.15) is 6.33 Å². The van der Waals surface area contributed by atoms with Crippen LogP contribution in [0.2, 0.25) is 0 Å². The second-order valence-electron chi connectivity index (χ2n) is 4.35. The molecule has 2 aliphatic rings. The summed E-state index contributed by atoms with van der Waals surface area (Å²) in [6.45, 7) is 3.17. The van der Waals surface area contributed by atoms with Gasteiger partial charge >= 0.3 is 0 Å². The summed E-state index contributed by atoms with van der Waals surface area (Å²) >= 11 is 5.42. The van der Waals surface area contributed by atoms with Crippen LogP contribution in [0.4, 0.5) is 0 Å². The third-order valence-electron chi connectivity index (χ3n) is 3.33. The molecule has 1 aromatic heterocycles. The summed E-state index contributed by atoms with van der Waals surface area (Å²) in [6.07, 6.45) is 7.09. The Labute approximate surface area is 105 Å². The van der Waals surface area contributed by atoms with Crippen molar-refractivity contribution in [1.82, 2.24) is 14.5 Å². The molecule has 1 spiro atoms. The average Bonchev–Trinajstić information content (AvgIpc) is 3.01. The zero-order valence-corrected chi connectivity index (χ0v) is 10.4. The second-order valence-corrected chi connectivity index (χ2v) is 4.71. The van der Waals surface area contributed by atoms with Gasteiger partial charge in [0, 0.05) is 38.3 Å². The molecule has 17 heavy (non-hydrogen) atoms. The van der Waals surface area contributed by atoms with Gasteiger partial charge in [-0.1, -0.05) is 0 Å². The van der Waals surface area contributed by atoms with Crippen LogP contribution in [-0.2, 0) is 9.47 Å². The number of hydrogen-bond donors (Lipinski definition) is 0. The van der Waals surface area contributed by atoms with E-state index in [1.54, 1.807) is 12.5 Å². The molecule has 0 atom stereocenters. The second kappa shape index (κ2) is 4.36. The van der Waals surface area contributed by atoms with E-state index < -0.39 is 0 Å². The molecule has 0 radical (unpaired) electrons. The minimum atomic E-state index is -0.332. The Bertz CT molecular complexity index is 391. The van der Waals surface area contributed by atoms with Gasteiger partial charge in [0.2, 0.25) is 0 Å². The van der Waals surface area contributed by atoms with Crippen molar-refractivity contribution in [2.75, 3.05) is 26.3 Å². The smallest absolute Gasteiger partial charge is 0.181 e. The Kier molecular flexibility index (Phi) is 2.85. The molecule has 5 nitrogen and oxygen atoms in total. The number of thiocarbonyl (C=S) groups is 1. The molecule has 2 aliphatic heterocycles. The van der Waals surface area contributed by atoms with Crippen molar-refractivity contribution in [2.45, 2.75) is 18.6 Å². The SMILES string of the molecule is S=C(N1CCC2(CC1)OCCO2)n1ccnc1. The highest BCUT2D eigenvalue weighted by Gasteiger charge is 2.40. The lowest BCUT2D eigenvalue weighted by atomic mass is 10.0. The van der Waals surface area contributed by atoms with Crippen LogP contribution in [0, 0.1) is 0 Å². The van der Waals surface area contributed by atoms with Crippen LogP contribution in [0.3, 0.4) is 0 Å². The lowest BCUT2D eigenvalue weighted by Crippen LogP contribution is -2.48. The number of rotatable bonds is 0. The lowest BCUT2D eigenvalue weighted by Gasteiger charge is -2.38. The van der Waals surface area contributed by atoms with Crippen molar-refractivity contribution in [3.05, 3.63) is 18.7 Å². The van der Waals surface area contributed by atoms with Gasteiger partial charge in [-0.2, -0.15) is 0 Å². The molecule has 0 amide bonds. The van der Waals surface area contributed by atoms with Crippen LogP contribution < -0.4 is 0 Å². The Hall–Kier alpha value is -0.980. The molecule has 0 unspecified atom stereocenters. The summed E-state index contributed by atoms with van der Waals surface area (Å²) in [5.74, 6) is -0.332. The fourth-order valence-electron chi connectivity index (χ4n) is 2.36. The zero-order chi connectivity index (χ0) is 11.7. The Morgan fingerprint density at radius 2 is 1.94 bits per heavy atom. The maximum Gasteiger partial charge on any atom is 0.181 e. The van der Waals surface area contributed by atoms with E-state index in [-0.39, 0.29) is 5.79 Å². The number of hydrogen-bond acceptors (Lipinski definition) is 4. The molecule has 3 rings (SSSR count). The molecule has 2 fully saturated rings. The molecule has 0 aliphatic carbocycles. The number of nitrogens with zero attached hydrogens (tertiary/aromatic N) is 3. The largest absolute Gasteiger partial charge is 0.348 e. The monoisotopic (exact) mass is 253 g/mol. The van der Waals surface area contributed by atoms with Crippen LogP contribution >= 0.6 is 12.2 Å². The summed E-state index contributed by atoms with van der Waals surface area (Å²) in [7, 11) is 0. The highest BCUT2D eigenvalue weighted by molar-refractivity contribution is 7.80. The molecule has 92 valence electrons. The molecule has 2 saturated heterocycles. The molecule has 6 heteroatoms. The first-order valence-electron chi connectivity index (χ1n) is 5.84. The fraction of sp³-hybridized carbons (Fsp3) is 0.636. The van der Waals surface area contributed by atoms with E-state index in [0.717, 1.165) is 31.0 Å². The molecule has 0 bridgehead atoms. The van der Waals surface area contributed by atoms with Gasteiger partial charge in [-0.15, -0.1) is 0 Å². The van der Waals surface area contributed by atoms with Gasteiger partial charge < -0.3 is 14.4 Å². The predicted octanol–water partition coefficient (Wildman–Crippen LogP) is 0.855. The number of imidazole rings is 1. The summed E-state index contributed by atoms with van der Waals surface area (Å²) in [6, 6.07) is 0. The third kappa shape index (κ3) is 2.08. The van der Waals surface area contributed by atoms with Crippen molar-refractivity contribution in [2.24, 2.45) is 0 Å². The standard InChI is InChI=1S/C11H15N3O2S/c17-10(14-6-3-12-9-14)13-4-1-11(2-5-13)15-7-8-16-11/h3,6,9H,1-2,4-5,7-8H2. The molecule has 3 heterocycles. The minimum Gasteiger partial charge on any atom is -0.348 e. The summed E-state index contributed by atoms with van der Waals surface area (Å²) in [5.41, 5.74) is 0. The van der Waals surface area contributed by atoms with Crippen LogP contribution in [0.1, 0.15) is 12.8 Å². The normalized spacial score (nSPS) is 23.2. The highest BCUT2D eigenvalue weighted by atomic mass is 32.1. The van der Waals surface area contributed by atoms with Crippen LogP contribution in [-0.4, -0.2) is 51.7 Å². The van der Waals surface area contributed by atoms with E-state index >= 15 is 0 Å². The zero-order valence-electron chi connectivity index (χ0n) is 9.54. The Balaban J connectivity index is 1.63. The van der Waals surface area contributed by atoms with Crippen molar-refractivity contribution in [3.63, 3.8) is 0 Å². The van der Waals surface area contributed by atoms with Crippen molar-refractivity contribution < 1.29 is 9.47 Å². The first kappa shape index (κ1) is 11.1. The first-order chi connectivity index (χ1) is 8.29.